The van der Waals surface area contributed by atoms with Crippen molar-refractivity contribution in [2.75, 3.05) is 0 Å². The Bertz CT molecular complexity index is 551. The smallest absolute Gasteiger partial charge is 0.101 e. The van der Waals surface area contributed by atoms with E-state index >= 15 is 0 Å². The number of halogens is 1. The van der Waals surface area contributed by atoms with E-state index in [1.54, 1.807) is 0 Å². The normalized spacial score (nSPS) is 10.7. The van der Waals surface area contributed by atoms with Crippen LogP contribution in [0, 0.1) is 13.8 Å². The summed E-state index contributed by atoms with van der Waals surface area (Å²) >= 11 is 7.67. The van der Waals surface area contributed by atoms with Crippen molar-refractivity contribution < 1.29 is 5.11 Å². The predicted octanol–water partition coefficient (Wildman–Crippen LogP) is 4.00. The highest BCUT2D eigenvalue weighted by atomic mass is 35.5. The van der Waals surface area contributed by atoms with Crippen molar-refractivity contribution in [1.82, 2.24) is 4.98 Å². The van der Waals surface area contributed by atoms with Crippen molar-refractivity contribution in [3.8, 4) is 0 Å². The lowest BCUT2D eigenvalue weighted by Gasteiger charge is -2.09. The zero-order chi connectivity index (χ0) is 13.1. The minimum absolute atomic E-state index is 0.0201. The van der Waals surface area contributed by atoms with E-state index in [9.17, 15) is 5.11 Å². The molecule has 94 valence electrons. The molecule has 0 saturated carbocycles. The molecule has 0 amide bonds. The van der Waals surface area contributed by atoms with Gasteiger partial charge in [0, 0.05) is 10.6 Å². The minimum atomic E-state index is -0.0201. The Balaban J connectivity index is 2.39. The molecule has 0 fully saturated rings. The third-order valence-corrected chi connectivity index (χ3v) is 4.03. The van der Waals surface area contributed by atoms with Gasteiger partial charge >= 0.3 is 0 Å². The lowest BCUT2D eigenvalue weighted by Crippen LogP contribution is -1.91. The topological polar surface area (TPSA) is 33.1 Å². The fraction of sp³-hybridized carbons (Fsp3) is 0.214. The van der Waals surface area contributed by atoms with Gasteiger partial charge in [-0.1, -0.05) is 35.5 Å². The van der Waals surface area contributed by atoms with Gasteiger partial charge in [0.15, 0.2) is 0 Å². The molecule has 1 heterocycles. The first-order chi connectivity index (χ1) is 8.60. The Morgan fingerprint density at radius 2 is 2.06 bits per heavy atom. The van der Waals surface area contributed by atoms with Gasteiger partial charge in [-0.05, 0) is 43.2 Å². The number of rotatable bonds is 3. The van der Waals surface area contributed by atoms with Crippen LogP contribution in [0.25, 0.3) is 0 Å². The van der Waals surface area contributed by atoms with Crippen molar-refractivity contribution in [3.05, 3.63) is 52.2 Å². The molecule has 1 aromatic carbocycles. The van der Waals surface area contributed by atoms with E-state index in [1.807, 2.05) is 44.2 Å². The van der Waals surface area contributed by atoms with Crippen LogP contribution >= 0.6 is 23.4 Å². The van der Waals surface area contributed by atoms with E-state index in [-0.39, 0.29) is 6.61 Å². The first kappa shape index (κ1) is 13.4. The van der Waals surface area contributed by atoms with Crippen molar-refractivity contribution in [2.45, 2.75) is 30.4 Å². The Kier molecular flexibility index (Phi) is 4.27. The molecule has 1 aromatic heterocycles. The molecule has 0 spiro atoms. The van der Waals surface area contributed by atoms with Gasteiger partial charge in [0.05, 0.1) is 11.6 Å². The number of aliphatic hydroxyl groups excluding tert-OH is 1. The summed E-state index contributed by atoms with van der Waals surface area (Å²) in [6, 6.07) is 9.58. The van der Waals surface area contributed by atoms with Gasteiger partial charge in [-0.2, -0.15) is 0 Å². The molecule has 2 rings (SSSR count). The van der Waals surface area contributed by atoms with Gasteiger partial charge in [-0.3, -0.25) is 0 Å². The Morgan fingerprint density at radius 1 is 1.28 bits per heavy atom. The summed E-state index contributed by atoms with van der Waals surface area (Å²) in [5, 5.41) is 10.9. The molecule has 0 unspecified atom stereocenters. The zero-order valence-corrected chi connectivity index (χ0v) is 11.8. The number of benzene rings is 1. The van der Waals surface area contributed by atoms with Crippen LogP contribution in [0.4, 0.5) is 0 Å². The minimum Gasteiger partial charge on any atom is -0.392 e. The molecule has 2 nitrogen and oxygen atoms in total. The third kappa shape index (κ3) is 3.05. The second-order valence-electron chi connectivity index (χ2n) is 4.11. The second kappa shape index (κ2) is 5.74. The van der Waals surface area contributed by atoms with Crippen molar-refractivity contribution in [1.29, 1.82) is 0 Å². The van der Waals surface area contributed by atoms with Crippen LogP contribution in [0.2, 0.25) is 5.02 Å². The highest BCUT2D eigenvalue weighted by Crippen LogP contribution is 2.35. The van der Waals surface area contributed by atoms with Gasteiger partial charge in [0.25, 0.3) is 0 Å². The highest BCUT2D eigenvalue weighted by Gasteiger charge is 2.09. The Morgan fingerprint density at radius 3 is 2.72 bits per heavy atom. The molecule has 0 aliphatic heterocycles. The summed E-state index contributed by atoms with van der Waals surface area (Å²) < 4.78 is 0. The number of hydrogen-bond acceptors (Lipinski definition) is 3. The molecule has 0 aliphatic carbocycles. The third-order valence-electron chi connectivity index (χ3n) is 2.50. The van der Waals surface area contributed by atoms with E-state index < -0.39 is 0 Å². The molecule has 1 N–H and O–H groups in total. The summed E-state index contributed by atoms with van der Waals surface area (Å²) in [5.74, 6) is 0. The first-order valence-electron chi connectivity index (χ1n) is 5.61. The number of aliphatic hydroxyl groups is 1. The van der Waals surface area contributed by atoms with Crippen LogP contribution in [0.3, 0.4) is 0 Å². The second-order valence-corrected chi connectivity index (χ2v) is 5.55. The van der Waals surface area contributed by atoms with Crippen molar-refractivity contribution in [2.24, 2.45) is 0 Å². The summed E-state index contributed by atoms with van der Waals surface area (Å²) in [5.41, 5.74) is 2.98. The maximum Gasteiger partial charge on any atom is 0.101 e. The fourth-order valence-corrected chi connectivity index (χ4v) is 3.14. The maximum absolute atomic E-state index is 9.34. The molecule has 0 atom stereocenters. The van der Waals surface area contributed by atoms with E-state index in [0.717, 1.165) is 21.2 Å². The Hall–Kier alpha value is -1.03. The molecule has 4 heteroatoms. The number of pyridine rings is 1. The van der Waals surface area contributed by atoms with Gasteiger partial charge in [-0.25, -0.2) is 4.98 Å². The number of hydrogen-bond donors (Lipinski definition) is 1. The molecule has 0 bridgehead atoms. The molecule has 0 aliphatic rings. The zero-order valence-electron chi connectivity index (χ0n) is 10.3. The van der Waals surface area contributed by atoms with Crippen LogP contribution in [0.15, 0.2) is 40.3 Å². The van der Waals surface area contributed by atoms with Gasteiger partial charge in [0.2, 0.25) is 0 Å². The molecular weight excluding hydrogens is 266 g/mol. The SMILES string of the molecule is Cc1cc(C)nc(Sc2c(Cl)cccc2CO)c1. The van der Waals surface area contributed by atoms with Gasteiger partial charge in [0.1, 0.15) is 5.03 Å². The maximum atomic E-state index is 9.34. The number of aromatic nitrogens is 1. The largest absolute Gasteiger partial charge is 0.392 e. The monoisotopic (exact) mass is 279 g/mol. The van der Waals surface area contributed by atoms with E-state index in [4.69, 9.17) is 11.6 Å². The lowest BCUT2D eigenvalue weighted by atomic mass is 10.2. The molecule has 0 radical (unpaired) electrons. The standard InChI is InChI=1S/C14H14ClNOS/c1-9-6-10(2)16-13(7-9)18-14-11(8-17)4-3-5-12(14)15/h3-7,17H,8H2,1-2H3. The predicted molar refractivity (Wildman–Crippen MR) is 75.2 cm³/mol. The average Bonchev–Trinajstić information content (AvgIpc) is 2.30. The van der Waals surface area contributed by atoms with E-state index in [0.29, 0.717) is 5.02 Å². The number of aryl methyl sites for hydroxylation is 2. The molecule has 18 heavy (non-hydrogen) atoms. The van der Waals surface area contributed by atoms with Crippen LogP contribution in [-0.2, 0) is 6.61 Å². The Labute approximate surface area is 116 Å². The molecule has 0 saturated heterocycles. The van der Waals surface area contributed by atoms with E-state index in [1.165, 1.54) is 17.3 Å². The van der Waals surface area contributed by atoms with Crippen LogP contribution in [-0.4, -0.2) is 10.1 Å². The van der Waals surface area contributed by atoms with Gasteiger partial charge < -0.3 is 5.11 Å². The number of nitrogens with zero attached hydrogens (tertiary/aromatic N) is 1. The first-order valence-corrected chi connectivity index (χ1v) is 6.81. The van der Waals surface area contributed by atoms with Crippen molar-refractivity contribution in [3.63, 3.8) is 0 Å². The molecule has 2 aromatic rings. The van der Waals surface area contributed by atoms with Crippen LogP contribution < -0.4 is 0 Å². The van der Waals surface area contributed by atoms with Crippen molar-refractivity contribution >= 4 is 23.4 Å². The quantitative estimate of drug-likeness (QED) is 0.922. The summed E-state index contributed by atoms with van der Waals surface area (Å²) in [6.45, 7) is 3.99. The van der Waals surface area contributed by atoms with Gasteiger partial charge in [-0.15, -0.1) is 0 Å². The van der Waals surface area contributed by atoms with Crippen LogP contribution in [0.5, 0.6) is 0 Å². The van der Waals surface area contributed by atoms with Crippen LogP contribution in [0.1, 0.15) is 16.8 Å². The highest BCUT2D eigenvalue weighted by molar-refractivity contribution is 7.99. The lowest BCUT2D eigenvalue weighted by molar-refractivity contribution is 0.279. The van der Waals surface area contributed by atoms with E-state index in [2.05, 4.69) is 4.98 Å². The summed E-state index contributed by atoms with van der Waals surface area (Å²) in [4.78, 5) is 5.34. The molecular formula is C14H14ClNOS. The summed E-state index contributed by atoms with van der Waals surface area (Å²) in [7, 11) is 0. The summed E-state index contributed by atoms with van der Waals surface area (Å²) in [6.07, 6.45) is 0. The fourth-order valence-electron chi connectivity index (χ4n) is 1.75. The average molecular weight is 280 g/mol.